The number of oxime groups is 1. The molecule has 7 aromatic rings. The van der Waals surface area contributed by atoms with E-state index < -0.39 is 5.97 Å². The predicted molar refractivity (Wildman–Crippen MR) is 320 cm³/mol. The number of aromatic nitrogens is 4. The predicted octanol–water partition coefficient (Wildman–Crippen LogP) is 13.6. The fourth-order valence-electron chi connectivity index (χ4n) is 8.27. The van der Waals surface area contributed by atoms with Crippen LogP contribution in [-0.2, 0) is 38.0 Å². The maximum Gasteiger partial charge on any atom is 0.373 e. The molecule has 7 rings (SSSR count). The van der Waals surface area contributed by atoms with Crippen LogP contribution in [0, 0.1) is 6.92 Å². The summed E-state index contributed by atoms with van der Waals surface area (Å²) < 4.78 is 38.3. The van der Waals surface area contributed by atoms with Crippen LogP contribution >= 0.6 is 11.6 Å². The summed E-state index contributed by atoms with van der Waals surface area (Å²) in [5, 5.41) is 14.6. The molecule has 0 aliphatic heterocycles. The molecule has 0 unspecified atom stereocenters. The minimum absolute atomic E-state index is 0.00498. The van der Waals surface area contributed by atoms with Gasteiger partial charge < -0.3 is 48.0 Å². The number of nitrogens with zero attached hydrogens (tertiary/aromatic N) is 6. The molecular weight excluding hydrogens is 1060 g/mol. The highest BCUT2D eigenvalue weighted by molar-refractivity contribution is 6.29. The lowest BCUT2D eigenvalue weighted by Crippen LogP contribution is -2.36. The van der Waals surface area contributed by atoms with Crippen molar-refractivity contribution in [3.8, 4) is 52.8 Å². The van der Waals surface area contributed by atoms with Crippen LogP contribution in [0.2, 0.25) is 0 Å². The number of benzene rings is 5. The van der Waals surface area contributed by atoms with E-state index in [1.165, 1.54) is 69.4 Å². The van der Waals surface area contributed by atoms with Gasteiger partial charge in [0, 0.05) is 24.3 Å². The van der Waals surface area contributed by atoms with Crippen LogP contribution in [-0.4, -0.2) is 96.7 Å². The fourth-order valence-corrected chi connectivity index (χ4v) is 8.42. The highest BCUT2D eigenvalue weighted by Gasteiger charge is 2.28. The summed E-state index contributed by atoms with van der Waals surface area (Å²) in [5.41, 5.74) is 8.36. The number of methoxy groups -OCH3 is 4. The summed E-state index contributed by atoms with van der Waals surface area (Å²) in [6.45, 7) is 23.0. The van der Waals surface area contributed by atoms with Crippen molar-refractivity contribution in [3.63, 3.8) is 0 Å². The molecule has 82 heavy (non-hydrogen) atoms. The van der Waals surface area contributed by atoms with Gasteiger partial charge in [-0.25, -0.2) is 4.79 Å². The van der Waals surface area contributed by atoms with Crippen molar-refractivity contribution in [1.82, 2.24) is 19.9 Å². The van der Waals surface area contributed by atoms with Gasteiger partial charge in [-0.05, 0) is 71.4 Å². The van der Waals surface area contributed by atoms with Gasteiger partial charge in [0.15, 0.2) is 0 Å². The molecule has 0 spiro atoms. The first-order valence-corrected chi connectivity index (χ1v) is 27.5. The number of phenolic OH excluding ortho intramolecular Hbond substituents is 1. The highest BCUT2D eigenvalue weighted by atomic mass is 35.5. The molecule has 17 nitrogen and oxygen atoms in total. The van der Waals surface area contributed by atoms with Gasteiger partial charge in [0.25, 0.3) is 0 Å². The van der Waals surface area contributed by atoms with Crippen molar-refractivity contribution in [2.45, 2.75) is 99.3 Å². The van der Waals surface area contributed by atoms with E-state index in [0.717, 1.165) is 53.8 Å². The number of rotatable bonds is 21. The Kier molecular flexibility index (Phi) is 24.5. The van der Waals surface area contributed by atoms with Crippen LogP contribution in [0.25, 0.3) is 0 Å². The molecule has 18 heteroatoms. The number of amides is 1. The number of aryl methyl sites for hydroxylation is 3. The van der Waals surface area contributed by atoms with Crippen molar-refractivity contribution in [3.05, 3.63) is 166 Å². The maximum atomic E-state index is 13.9. The first-order chi connectivity index (χ1) is 39.2. The molecule has 0 atom stereocenters. The number of phenols is 1. The Bertz CT molecular complexity index is 3000. The Morgan fingerprint density at radius 1 is 0.598 bits per heavy atom. The third kappa shape index (κ3) is 18.1. The number of hydrogen-bond donors (Lipinski definition) is 1. The molecule has 0 aliphatic rings. The number of alkyl halides is 1. The van der Waals surface area contributed by atoms with E-state index in [0.29, 0.717) is 24.6 Å². The number of carbonyl (C=O) groups excluding carboxylic acids is 2. The molecular formula is C64H77ClN6O11. The monoisotopic (exact) mass is 1140 g/mol. The number of aromatic hydroxyl groups is 1. The summed E-state index contributed by atoms with van der Waals surface area (Å²) >= 11 is 5.80. The Morgan fingerprint density at radius 3 is 1.40 bits per heavy atom. The molecule has 436 valence electrons. The second kappa shape index (κ2) is 31.1. The number of anilines is 1. The third-order valence-corrected chi connectivity index (χ3v) is 12.6. The zero-order chi connectivity index (χ0) is 60.0. The van der Waals surface area contributed by atoms with Crippen molar-refractivity contribution in [2.75, 3.05) is 59.0 Å². The van der Waals surface area contributed by atoms with Gasteiger partial charge in [-0.2, -0.15) is 19.9 Å². The Morgan fingerprint density at radius 2 is 1.02 bits per heavy atom. The minimum Gasteiger partial charge on any atom is -0.507 e. The van der Waals surface area contributed by atoms with E-state index in [2.05, 4.69) is 125 Å². The molecule has 2 heterocycles. The first-order valence-electron chi connectivity index (χ1n) is 27.0. The standard InChI is InChI=1S/C32H27N5O8.C17H26ClNO2.C15H24O/c1-39-24-18-25(40-2)34-31(33-24)43-22-16-11-17-23(44-32-35-26(41-3)19-27(36-32)42-4)28(22)30(38)45-37-29(20-12-7-5-8-13-20)21-14-9-6-10-15-21;1-4-11-21-12-10-19(16(20)13-18)17-14(5-2)8-7-9-15(17)6-3;1-10-8-11(14(2,3)4)13(16)12(9-10)15(5,6)7/h5-19H,1-4H3;7-9H,4-6,10-13H2,1-3H3;8-9,16H,1-7H3. The molecule has 1 amide bonds. The van der Waals surface area contributed by atoms with E-state index in [9.17, 15) is 14.7 Å². The average molecular weight is 1140 g/mol. The van der Waals surface area contributed by atoms with E-state index in [1.54, 1.807) is 11.0 Å². The Labute approximate surface area is 487 Å². The molecule has 0 radical (unpaired) electrons. The van der Waals surface area contributed by atoms with Gasteiger partial charge in [-0.1, -0.05) is 170 Å². The highest BCUT2D eigenvalue weighted by Crippen LogP contribution is 2.40. The summed E-state index contributed by atoms with van der Waals surface area (Å²) in [7, 11) is 5.72. The van der Waals surface area contributed by atoms with E-state index in [-0.39, 0.29) is 75.2 Å². The van der Waals surface area contributed by atoms with Gasteiger partial charge in [0.05, 0.1) is 52.9 Å². The van der Waals surface area contributed by atoms with Gasteiger partial charge >= 0.3 is 18.0 Å². The number of hydrogen-bond acceptors (Lipinski definition) is 16. The summed E-state index contributed by atoms with van der Waals surface area (Å²) in [5.74, 6) is 0.103. The Balaban J connectivity index is 0.000000274. The summed E-state index contributed by atoms with van der Waals surface area (Å²) in [4.78, 5) is 50.2. The van der Waals surface area contributed by atoms with Crippen LogP contribution in [0.1, 0.15) is 118 Å². The number of para-hydroxylation sites is 1. The third-order valence-electron chi connectivity index (χ3n) is 12.4. The molecule has 1 N–H and O–H groups in total. The fraction of sp³-hybridized carbons (Fsp3) is 0.359. The normalized spacial score (nSPS) is 10.9. The van der Waals surface area contributed by atoms with Gasteiger partial charge in [0.2, 0.25) is 29.4 Å². The lowest BCUT2D eigenvalue weighted by molar-refractivity contribution is -0.116. The SMILES string of the molecule is CCCOCCN(C(=O)CCl)c1c(CC)cccc1CC.COc1cc(OC)nc(Oc2cccc(Oc3nc(OC)cc(OC)n3)c2C(=O)ON=C(c2ccccc2)c2ccccc2)n1.Cc1cc(C(C)(C)C)c(O)c(C(C)(C)C)c1. The van der Waals surface area contributed by atoms with Gasteiger partial charge in [-0.3, -0.25) is 4.79 Å². The lowest BCUT2D eigenvalue weighted by Gasteiger charge is -2.27. The topological polar surface area (TPSA) is 195 Å². The van der Waals surface area contributed by atoms with Crippen LogP contribution < -0.4 is 33.3 Å². The number of halogens is 1. The zero-order valence-electron chi connectivity index (χ0n) is 49.6. The minimum atomic E-state index is -0.922. The number of carbonyl (C=O) groups is 2. The largest absolute Gasteiger partial charge is 0.507 e. The second-order valence-electron chi connectivity index (χ2n) is 20.5. The summed E-state index contributed by atoms with van der Waals surface area (Å²) in [6, 6.07) is 36.2. The number of ether oxygens (including phenoxy) is 7. The van der Waals surface area contributed by atoms with Crippen LogP contribution in [0.15, 0.2) is 126 Å². The van der Waals surface area contributed by atoms with Crippen molar-refractivity contribution < 1.29 is 52.7 Å². The molecule has 5 aromatic carbocycles. The van der Waals surface area contributed by atoms with E-state index in [4.69, 9.17) is 49.6 Å². The van der Waals surface area contributed by atoms with Crippen molar-refractivity contribution in [1.29, 1.82) is 0 Å². The smallest absolute Gasteiger partial charge is 0.373 e. The maximum absolute atomic E-state index is 13.9. The van der Waals surface area contributed by atoms with Gasteiger partial charge in [0.1, 0.15) is 34.4 Å². The molecule has 0 fully saturated rings. The average Bonchev–Trinajstić information content (AvgIpc) is 3.63. The van der Waals surface area contributed by atoms with Crippen LogP contribution in [0.5, 0.6) is 52.8 Å². The van der Waals surface area contributed by atoms with Crippen LogP contribution in [0.3, 0.4) is 0 Å². The van der Waals surface area contributed by atoms with E-state index in [1.807, 2.05) is 60.7 Å². The molecule has 0 saturated heterocycles. The van der Waals surface area contributed by atoms with Crippen molar-refractivity contribution in [2.24, 2.45) is 5.16 Å². The first kappa shape index (κ1) is 64.5. The quantitative estimate of drug-likeness (QED) is 0.0234. The van der Waals surface area contributed by atoms with Crippen molar-refractivity contribution >= 4 is 34.9 Å². The molecule has 0 bridgehead atoms. The molecule has 0 saturated carbocycles. The zero-order valence-corrected chi connectivity index (χ0v) is 50.3. The van der Waals surface area contributed by atoms with Crippen LogP contribution in [0.4, 0.5) is 5.69 Å². The lowest BCUT2D eigenvalue weighted by atomic mass is 9.78. The molecule has 0 aliphatic carbocycles. The summed E-state index contributed by atoms with van der Waals surface area (Å²) in [6.07, 6.45) is 2.77. The second-order valence-corrected chi connectivity index (χ2v) is 20.8. The molecule has 2 aromatic heterocycles. The van der Waals surface area contributed by atoms with Gasteiger partial charge in [-0.15, -0.1) is 11.6 Å². The van der Waals surface area contributed by atoms with E-state index >= 15 is 0 Å². The Hall–Kier alpha value is -8.28.